The van der Waals surface area contributed by atoms with Gasteiger partial charge in [0, 0.05) is 13.1 Å². The number of carbonyl (C=O) groups is 2. The van der Waals surface area contributed by atoms with Crippen molar-refractivity contribution in [2.75, 3.05) is 37.7 Å². The fourth-order valence-corrected chi connectivity index (χ4v) is 2.98. The van der Waals surface area contributed by atoms with Gasteiger partial charge in [0.15, 0.2) is 0 Å². The monoisotopic (exact) mass is 288 g/mol. The molecule has 1 aromatic carbocycles. The van der Waals surface area contributed by atoms with E-state index in [2.05, 4.69) is 11.8 Å². The topological polar surface area (TPSA) is 49.9 Å². The number of nitrogens with zero attached hydrogens (tertiary/aromatic N) is 2. The van der Waals surface area contributed by atoms with Crippen molar-refractivity contribution in [1.82, 2.24) is 4.90 Å². The molecule has 3 rings (SSSR count). The van der Waals surface area contributed by atoms with Crippen molar-refractivity contribution in [2.45, 2.75) is 20.0 Å². The van der Waals surface area contributed by atoms with Gasteiger partial charge in [0.25, 0.3) is 11.7 Å². The molecule has 0 N–H and O–H groups in total. The van der Waals surface area contributed by atoms with Crippen LogP contribution in [0.3, 0.4) is 0 Å². The Morgan fingerprint density at radius 1 is 1.33 bits per heavy atom. The fourth-order valence-electron chi connectivity index (χ4n) is 2.98. The maximum absolute atomic E-state index is 12.2. The first kappa shape index (κ1) is 14.2. The van der Waals surface area contributed by atoms with E-state index in [1.54, 1.807) is 11.0 Å². The Bertz CT molecular complexity index is 585. The van der Waals surface area contributed by atoms with E-state index in [9.17, 15) is 9.59 Å². The third kappa shape index (κ3) is 2.59. The number of ketones is 1. The summed E-state index contributed by atoms with van der Waals surface area (Å²) >= 11 is 0. The van der Waals surface area contributed by atoms with Gasteiger partial charge in [0.2, 0.25) is 0 Å². The lowest BCUT2D eigenvalue weighted by Gasteiger charge is -2.34. The number of hydrogen-bond acceptors (Lipinski definition) is 4. The number of hydrogen-bond donors (Lipinski definition) is 0. The molecule has 1 saturated heterocycles. The molecule has 0 aromatic heterocycles. The van der Waals surface area contributed by atoms with Crippen LogP contribution in [0.1, 0.15) is 22.8 Å². The minimum Gasteiger partial charge on any atom is -0.374 e. The van der Waals surface area contributed by atoms with Crippen molar-refractivity contribution in [1.29, 1.82) is 0 Å². The summed E-state index contributed by atoms with van der Waals surface area (Å²) in [5.74, 6) is -0.843. The van der Waals surface area contributed by atoms with Gasteiger partial charge in [-0.05, 0) is 25.6 Å². The van der Waals surface area contributed by atoms with Crippen LogP contribution in [0.5, 0.6) is 0 Å². The number of anilines is 1. The summed E-state index contributed by atoms with van der Waals surface area (Å²) in [5, 5.41) is 0. The number of fused-ring (bicyclic) bond motifs is 1. The molecule has 0 radical (unpaired) electrons. The summed E-state index contributed by atoms with van der Waals surface area (Å²) in [6, 6.07) is 5.57. The van der Waals surface area contributed by atoms with E-state index in [4.69, 9.17) is 4.74 Å². The van der Waals surface area contributed by atoms with Crippen LogP contribution in [0.15, 0.2) is 18.2 Å². The van der Waals surface area contributed by atoms with Crippen LogP contribution in [0, 0.1) is 6.92 Å². The number of carbonyl (C=O) groups excluding carboxylic acids is 2. The molecule has 5 heteroatoms. The van der Waals surface area contributed by atoms with Crippen LogP contribution in [-0.4, -0.2) is 55.5 Å². The zero-order valence-electron chi connectivity index (χ0n) is 12.5. The van der Waals surface area contributed by atoms with Gasteiger partial charge in [-0.2, -0.15) is 0 Å². The summed E-state index contributed by atoms with van der Waals surface area (Å²) in [7, 11) is 0. The van der Waals surface area contributed by atoms with Crippen LogP contribution in [0.4, 0.5) is 5.69 Å². The summed E-state index contributed by atoms with van der Waals surface area (Å²) < 4.78 is 5.75. The van der Waals surface area contributed by atoms with Gasteiger partial charge >= 0.3 is 0 Å². The molecular formula is C16H20N2O3. The lowest BCUT2D eigenvalue weighted by atomic mass is 10.1. The number of likely N-dealkylation sites (N-methyl/N-ethyl adjacent to an activating group) is 1. The van der Waals surface area contributed by atoms with E-state index in [-0.39, 0.29) is 6.10 Å². The highest BCUT2D eigenvalue weighted by Crippen LogP contribution is 2.30. The Labute approximate surface area is 124 Å². The molecule has 0 spiro atoms. The number of amides is 1. The van der Waals surface area contributed by atoms with E-state index < -0.39 is 11.7 Å². The molecule has 2 aliphatic rings. The number of ether oxygens (including phenoxy) is 1. The molecule has 21 heavy (non-hydrogen) atoms. The molecule has 5 nitrogen and oxygen atoms in total. The van der Waals surface area contributed by atoms with Gasteiger partial charge in [0.1, 0.15) is 0 Å². The summed E-state index contributed by atoms with van der Waals surface area (Å²) in [4.78, 5) is 28.2. The van der Waals surface area contributed by atoms with Crippen LogP contribution >= 0.6 is 0 Å². The summed E-state index contributed by atoms with van der Waals surface area (Å²) in [6.45, 7) is 7.86. The zero-order valence-corrected chi connectivity index (χ0v) is 12.5. The maximum atomic E-state index is 12.2. The first-order valence-electron chi connectivity index (χ1n) is 7.41. The fraction of sp³-hybridized carbons (Fsp3) is 0.500. The molecule has 1 amide bonds. The Morgan fingerprint density at radius 2 is 2.14 bits per heavy atom. The van der Waals surface area contributed by atoms with Crippen molar-refractivity contribution in [2.24, 2.45) is 0 Å². The third-order valence-electron chi connectivity index (χ3n) is 4.18. The molecule has 1 aromatic rings. The van der Waals surface area contributed by atoms with Gasteiger partial charge in [-0.15, -0.1) is 0 Å². The average molecular weight is 288 g/mol. The highest BCUT2D eigenvalue weighted by Gasteiger charge is 2.37. The van der Waals surface area contributed by atoms with Crippen molar-refractivity contribution in [3.05, 3.63) is 29.3 Å². The van der Waals surface area contributed by atoms with E-state index in [1.165, 1.54) is 0 Å². The van der Waals surface area contributed by atoms with Gasteiger partial charge in [0.05, 0.1) is 30.5 Å². The van der Waals surface area contributed by atoms with E-state index in [1.807, 2.05) is 19.1 Å². The number of benzene rings is 1. The Hall–Kier alpha value is -1.72. The lowest BCUT2D eigenvalue weighted by Crippen LogP contribution is -2.48. The van der Waals surface area contributed by atoms with Crippen LogP contribution in [-0.2, 0) is 9.53 Å². The van der Waals surface area contributed by atoms with Crippen molar-refractivity contribution >= 4 is 17.4 Å². The third-order valence-corrected chi connectivity index (χ3v) is 4.18. The molecule has 0 bridgehead atoms. The minimum atomic E-state index is -0.437. The predicted octanol–water partition coefficient (Wildman–Crippen LogP) is 1.25. The molecule has 1 unspecified atom stereocenters. The summed E-state index contributed by atoms with van der Waals surface area (Å²) in [6.07, 6.45) is -0.0392. The van der Waals surface area contributed by atoms with E-state index in [0.717, 1.165) is 25.2 Å². The number of Topliss-reactive ketones (excluding diaryl/α,β-unsaturated/α-hetero) is 1. The maximum Gasteiger partial charge on any atom is 0.299 e. The van der Waals surface area contributed by atoms with E-state index >= 15 is 0 Å². The molecule has 2 aliphatic heterocycles. The van der Waals surface area contributed by atoms with Crippen molar-refractivity contribution in [3.63, 3.8) is 0 Å². The molecule has 112 valence electrons. The highest BCUT2D eigenvalue weighted by molar-refractivity contribution is 6.52. The second-order valence-electron chi connectivity index (χ2n) is 5.65. The van der Waals surface area contributed by atoms with Crippen molar-refractivity contribution < 1.29 is 14.3 Å². The van der Waals surface area contributed by atoms with Crippen LogP contribution in [0.25, 0.3) is 0 Å². The van der Waals surface area contributed by atoms with E-state index in [0.29, 0.717) is 24.4 Å². The molecular weight excluding hydrogens is 268 g/mol. The quantitative estimate of drug-likeness (QED) is 0.785. The SMILES string of the molecule is CCN1CCOC(CN2C(=O)C(=O)c3cc(C)ccc32)C1. The lowest BCUT2D eigenvalue weighted by molar-refractivity contribution is -0.115. The second-order valence-corrected chi connectivity index (χ2v) is 5.65. The highest BCUT2D eigenvalue weighted by atomic mass is 16.5. The second kappa shape index (κ2) is 5.58. The van der Waals surface area contributed by atoms with Gasteiger partial charge in [-0.25, -0.2) is 0 Å². The average Bonchev–Trinajstić information content (AvgIpc) is 2.72. The standard InChI is InChI=1S/C16H20N2O3/c1-3-17-6-7-21-12(9-17)10-18-14-5-4-11(2)8-13(14)15(19)16(18)20/h4-5,8,12H,3,6-7,9-10H2,1-2H3. The Kier molecular flexibility index (Phi) is 3.78. The Balaban J connectivity index is 1.80. The minimum absolute atomic E-state index is 0.0392. The molecule has 2 heterocycles. The number of rotatable bonds is 3. The predicted molar refractivity (Wildman–Crippen MR) is 79.7 cm³/mol. The number of morpholine rings is 1. The summed E-state index contributed by atoms with van der Waals surface area (Å²) in [5.41, 5.74) is 2.22. The van der Waals surface area contributed by atoms with Gasteiger partial charge in [-0.3, -0.25) is 14.5 Å². The van der Waals surface area contributed by atoms with Gasteiger partial charge < -0.3 is 9.64 Å². The normalized spacial score (nSPS) is 22.8. The van der Waals surface area contributed by atoms with Crippen LogP contribution < -0.4 is 4.90 Å². The van der Waals surface area contributed by atoms with Crippen LogP contribution in [0.2, 0.25) is 0 Å². The van der Waals surface area contributed by atoms with Gasteiger partial charge in [-0.1, -0.05) is 18.6 Å². The molecule has 0 saturated carbocycles. The molecule has 0 aliphatic carbocycles. The zero-order chi connectivity index (χ0) is 15.0. The largest absolute Gasteiger partial charge is 0.374 e. The number of aryl methyl sites for hydroxylation is 1. The first-order chi connectivity index (χ1) is 10.1. The molecule has 1 fully saturated rings. The Morgan fingerprint density at radius 3 is 2.90 bits per heavy atom. The first-order valence-corrected chi connectivity index (χ1v) is 7.41. The van der Waals surface area contributed by atoms with Crippen molar-refractivity contribution in [3.8, 4) is 0 Å². The smallest absolute Gasteiger partial charge is 0.299 e. The molecule has 1 atom stereocenters.